The van der Waals surface area contributed by atoms with E-state index < -0.39 is 0 Å². The second-order valence-corrected chi connectivity index (χ2v) is 7.11. The van der Waals surface area contributed by atoms with Crippen LogP contribution in [0.25, 0.3) is 0 Å². The molecule has 142 valence electrons. The summed E-state index contributed by atoms with van der Waals surface area (Å²) in [5, 5.41) is 3.39. The van der Waals surface area contributed by atoms with Crippen LogP contribution in [0.5, 0.6) is 5.75 Å². The van der Waals surface area contributed by atoms with Crippen LogP contribution in [0.1, 0.15) is 23.2 Å². The van der Waals surface area contributed by atoms with Crippen molar-refractivity contribution in [1.82, 2.24) is 4.90 Å². The van der Waals surface area contributed by atoms with Gasteiger partial charge in [0.25, 0.3) is 0 Å². The number of piperidine rings is 1. The predicted molar refractivity (Wildman–Crippen MR) is 107 cm³/mol. The molecule has 0 radical (unpaired) electrons. The highest BCUT2D eigenvalue weighted by Gasteiger charge is 2.26. The molecule has 0 atom stereocenters. The molecule has 0 aliphatic carbocycles. The summed E-state index contributed by atoms with van der Waals surface area (Å²) in [6, 6.07) is 14.5. The molecule has 2 aromatic carbocycles. The number of likely N-dealkylation sites (tertiary alicyclic amines) is 1. The number of nitrogens with one attached hydrogen (secondary N) is 1. The Morgan fingerprint density at radius 3 is 2.52 bits per heavy atom. The average molecular weight is 387 g/mol. The average Bonchev–Trinajstić information content (AvgIpc) is 2.69. The second kappa shape index (κ2) is 9.02. The minimum atomic E-state index is -0.122. The smallest absolute Gasteiger partial charge is 0.238 e. The van der Waals surface area contributed by atoms with E-state index in [1.165, 1.54) is 0 Å². The van der Waals surface area contributed by atoms with Crippen molar-refractivity contribution in [2.75, 3.05) is 32.1 Å². The number of Topliss-reactive ketones (excluding diaryl/α,β-unsaturated/α-hetero) is 1. The van der Waals surface area contributed by atoms with Gasteiger partial charge in [-0.15, -0.1) is 0 Å². The molecule has 0 unspecified atom stereocenters. The number of nitrogens with zero attached hydrogens (tertiary/aromatic N) is 1. The quantitative estimate of drug-likeness (QED) is 0.765. The lowest BCUT2D eigenvalue weighted by Gasteiger charge is -2.30. The van der Waals surface area contributed by atoms with Gasteiger partial charge in [0.05, 0.1) is 19.3 Å². The maximum Gasteiger partial charge on any atom is 0.238 e. The summed E-state index contributed by atoms with van der Waals surface area (Å²) < 4.78 is 5.25. The molecular weight excluding hydrogens is 364 g/mol. The minimum absolute atomic E-state index is 0.0275. The number of hydrogen-bond donors (Lipinski definition) is 1. The van der Waals surface area contributed by atoms with Crippen LogP contribution >= 0.6 is 11.6 Å². The van der Waals surface area contributed by atoms with E-state index in [-0.39, 0.29) is 24.2 Å². The van der Waals surface area contributed by atoms with E-state index >= 15 is 0 Å². The molecule has 2 aromatic rings. The molecule has 3 rings (SSSR count). The summed E-state index contributed by atoms with van der Waals surface area (Å²) in [6.07, 6.45) is 1.53. The summed E-state index contributed by atoms with van der Waals surface area (Å²) in [5.74, 6) is 0.673. The second-order valence-electron chi connectivity index (χ2n) is 6.67. The first-order chi connectivity index (χ1) is 13.1. The molecule has 27 heavy (non-hydrogen) atoms. The zero-order chi connectivity index (χ0) is 19.2. The number of ketones is 1. The predicted octanol–water partition coefficient (Wildman–Crippen LogP) is 3.88. The highest BCUT2D eigenvalue weighted by atomic mass is 35.5. The van der Waals surface area contributed by atoms with Gasteiger partial charge in [-0.05, 0) is 44.1 Å². The summed E-state index contributed by atoms with van der Waals surface area (Å²) in [4.78, 5) is 27.0. The number of methoxy groups -OCH3 is 1. The normalized spacial score (nSPS) is 15.3. The van der Waals surface area contributed by atoms with Crippen LogP contribution in [0.4, 0.5) is 5.69 Å². The lowest BCUT2D eigenvalue weighted by molar-refractivity contribution is -0.117. The number of hydrogen-bond acceptors (Lipinski definition) is 4. The number of carbonyl (C=O) groups excluding carboxylic acids is 2. The maximum atomic E-state index is 12.5. The Hall–Kier alpha value is -2.37. The molecule has 5 nitrogen and oxygen atoms in total. The molecule has 1 fully saturated rings. The third-order valence-corrected chi connectivity index (χ3v) is 5.05. The van der Waals surface area contributed by atoms with Crippen molar-refractivity contribution >= 4 is 29.0 Å². The molecule has 1 amide bonds. The number of halogens is 1. The van der Waals surface area contributed by atoms with E-state index in [1.54, 1.807) is 25.3 Å². The van der Waals surface area contributed by atoms with Gasteiger partial charge >= 0.3 is 0 Å². The van der Waals surface area contributed by atoms with Crippen molar-refractivity contribution in [2.45, 2.75) is 12.8 Å². The molecule has 1 aliphatic rings. The molecule has 0 bridgehead atoms. The largest absolute Gasteiger partial charge is 0.495 e. The van der Waals surface area contributed by atoms with Crippen LogP contribution in [0, 0.1) is 5.92 Å². The van der Waals surface area contributed by atoms with Crippen LogP contribution in [0.15, 0.2) is 48.5 Å². The van der Waals surface area contributed by atoms with Gasteiger partial charge in [-0.25, -0.2) is 0 Å². The van der Waals surface area contributed by atoms with Gasteiger partial charge in [0, 0.05) is 16.5 Å². The highest BCUT2D eigenvalue weighted by Crippen LogP contribution is 2.28. The number of benzene rings is 2. The van der Waals surface area contributed by atoms with Gasteiger partial charge in [-0.3, -0.25) is 14.5 Å². The van der Waals surface area contributed by atoms with Crippen LogP contribution in [0.3, 0.4) is 0 Å². The lowest BCUT2D eigenvalue weighted by atomic mass is 9.89. The van der Waals surface area contributed by atoms with E-state index in [4.69, 9.17) is 16.3 Å². The Kier molecular flexibility index (Phi) is 6.48. The standard InChI is InChI=1S/C21H23ClN2O3/c1-27-19-8-7-17(22)13-18(19)23-20(25)14-24-11-9-16(10-12-24)21(26)15-5-3-2-4-6-15/h2-8,13,16H,9-12,14H2,1H3,(H,23,25). The van der Waals surface area contributed by atoms with Gasteiger partial charge in [0.15, 0.2) is 5.78 Å². The fourth-order valence-corrected chi connectivity index (χ4v) is 3.53. The zero-order valence-corrected chi connectivity index (χ0v) is 16.0. The van der Waals surface area contributed by atoms with E-state index in [0.717, 1.165) is 31.5 Å². The third-order valence-electron chi connectivity index (χ3n) is 4.82. The maximum absolute atomic E-state index is 12.5. The molecule has 0 aromatic heterocycles. The van der Waals surface area contributed by atoms with Crippen molar-refractivity contribution in [1.29, 1.82) is 0 Å². The van der Waals surface area contributed by atoms with Crippen LogP contribution in [-0.2, 0) is 4.79 Å². The van der Waals surface area contributed by atoms with Crippen molar-refractivity contribution in [3.05, 3.63) is 59.1 Å². The van der Waals surface area contributed by atoms with E-state index in [0.29, 0.717) is 16.5 Å². The van der Waals surface area contributed by atoms with Crippen molar-refractivity contribution in [3.8, 4) is 5.75 Å². The highest BCUT2D eigenvalue weighted by molar-refractivity contribution is 6.31. The Balaban J connectivity index is 1.51. The van der Waals surface area contributed by atoms with E-state index in [1.807, 2.05) is 30.3 Å². The number of rotatable bonds is 6. The molecule has 0 saturated carbocycles. The summed E-state index contributed by atoms with van der Waals surface area (Å²) >= 11 is 6.00. The van der Waals surface area contributed by atoms with Gasteiger partial charge in [-0.1, -0.05) is 41.9 Å². The van der Waals surface area contributed by atoms with E-state index in [2.05, 4.69) is 10.2 Å². The van der Waals surface area contributed by atoms with E-state index in [9.17, 15) is 9.59 Å². The zero-order valence-electron chi connectivity index (χ0n) is 15.3. The Morgan fingerprint density at radius 1 is 1.15 bits per heavy atom. The van der Waals surface area contributed by atoms with Crippen LogP contribution in [0.2, 0.25) is 5.02 Å². The van der Waals surface area contributed by atoms with Gasteiger partial charge in [-0.2, -0.15) is 0 Å². The fraction of sp³-hybridized carbons (Fsp3) is 0.333. The molecular formula is C21H23ClN2O3. The number of carbonyl (C=O) groups is 2. The monoisotopic (exact) mass is 386 g/mol. The Morgan fingerprint density at radius 2 is 1.85 bits per heavy atom. The number of amides is 1. The van der Waals surface area contributed by atoms with Crippen molar-refractivity contribution in [3.63, 3.8) is 0 Å². The lowest BCUT2D eigenvalue weighted by Crippen LogP contribution is -2.40. The van der Waals surface area contributed by atoms with Crippen molar-refractivity contribution < 1.29 is 14.3 Å². The molecule has 1 heterocycles. The molecule has 1 saturated heterocycles. The topological polar surface area (TPSA) is 58.6 Å². The number of anilines is 1. The third kappa shape index (κ3) is 5.08. The Bertz CT molecular complexity index is 802. The van der Waals surface area contributed by atoms with Gasteiger partial charge < -0.3 is 10.1 Å². The molecule has 1 N–H and O–H groups in total. The summed E-state index contributed by atoms with van der Waals surface area (Å²) in [6.45, 7) is 1.73. The minimum Gasteiger partial charge on any atom is -0.495 e. The van der Waals surface area contributed by atoms with Gasteiger partial charge in [0.2, 0.25) is 5.91 Å². The SMILES string of the molecule is COc1ccc(Cl)cc1NC(=O)CN1CCC(C(=O)c2ccccc2)CC1. The summed E-state index contributed by atoms with van der Waals surface area (Å²) in [5.41, 5.74) is 1.32. The van der Waals surface area contributed by atoms with Crippen molar-refractivity contribution in [2.24, 2.45) is 5.92 Å². The first kappa shape index (κ1) is 19.4. The fourth-order valence-electron chi connectivity index (χ4n) is 3.36. The van der Waals surface area contributed by atoms with Crippen LogP contribution < -0.4 is 10.1 Å². The number of ether oxygens (including phenoxy) is 1. The molecule has 6 heteroatoms. The Labute approximate surface area is 164 Å². The first-order valence-corrected chi connectivity index (χ1v) is 9.39. The summed E-state index contributed by atoms with van der Waals surface area (Å²) in [7, 11) is 1.55. The molecule has 0 spiro atoms. The van der Waals surface area contributed by atoms with Gasteiger partial charge in [0.1, 0.15) is 5.75 Å². The molecule has 1 aliphatic heterocycles. The van der Waals surface area contributed by atoms with Crippen LogP contribution in [-0.4, -0.2) is 43.3 Å². The first-order valence-electron chi connectivity index (χ1n) is 9.02.